The third-order valence-corrected chi connectivity index (χ3v) is 4.98. The highest BCUT2D eigenvalue weighted by molar-refractivity contribution is 7.09. The van der Waals surface area contributed by atoms with E-state index in [2.05, 4.69) is 44.8 Å². The lowest BCUT2D eigenvalue weighted by Gasteiger charge is -2.12. The van der Waals surface area contributed by atoms with Crippen molar-refractivity contribution >= 4 is 17.3 Å². The molecule has 6 nitrogen and oxygen atoms in total. The van der Waals surface area contributed by atoms with E-state index in [1.165, 1.54) is 12.3 Å². The van der Waals surface area contributed by atoms with Crippen molar-refractivity contribution in [2.45, 2.75) is 32.9 Å². The standard InChI is InChI=1S/C21H24FN5OS/c1-14(2)18-13-29-20(27-18)12-26-21(23-3)25-10-15-6-7-19(17(22)9-15)28-16-5-4-8-24-11-16/h4-9,11,13-14H,10,12H2,1-3H3,(H2,23,25,26). The molecule has 0 amide bonds. The van der Waals surface area contributed by atoms with Crippen LogP contribution in [0.15, 0.2) is 53.1 Å². The first-order valence-electron chi connectivity index (χ1n) is 9.30. The van der Waals surface area contributed by atoms with E-state index >= 15 is 0 Å². The van der Waals surface area contributed by atoms with E-state index in [1.54, 1.807) is 42.8 Å². The topological polar surface area (TPSA) is 71.4 Å². The van der Waals surface area contributed by atoms with Gasteiger partial charge in [0.1, 0.15) is 10.8 Å². The van der Waals surface area contributed by atoms with Crippen molar-refractivity contribution < 1.29 is 9.13 Å². The Kier molecular flexibility index (Phi) is 7.13. The smallest absolute Gasteiger partial charge is 0.191 e. The molecule has 0 radical (unpaired) electrons. The maximum atomic E-state index is 14.4. The summed E-state index contributed by atoms with van der Waals surface area (Å²) in [6.45, 7) is 5.26. The number of aromatic nitrogens is 2. The molecular formula is C21H24FN5OS. The summed E-state index contributed by atoms with van der Waals surface area (Å²) in [6, 6.07) is 8.33. The Bertz CT molecular complexity index is 959. The van der Waals surface area contributed by atoms with E-state index in [9.17, 15) is 4.39 Å². The van der Waals surface area contributed by atoms with Gasteiger partial charge in [0.2, 0.25) is 0 Å². The van der Waals surface area contributed by atoms with Gasteiger partial charge in [0.25, 0.3) is 0 Å². The molecule has 0 atom stereocenters. The van der Waals surface area contributed by atoms with Gasteiger partial charge in [-0.2, -0.15) is 0 Å². The summed E-state index contributed by atoms with van der Waals surface area (Å²) in [6.07, 6.45) is 3.17. The average molecular weight is 414 g/mol. The van der Waals surface area contributed by atoms with Crippen LogP contribution in [0.2, 0.25) is 0 Å². The van der Waals surface area contributed by atoms with Crippen molar-refractivity contribution in [3.05, 3.63) is 70.2 Å². The monoisotopic (exact) mass is 413 g/mol. The molecule has 2 aromatic heterocycles. The van der Waals surface area contributed by atoms with Crippen molar-refractivity contribution in [3.8, 4) is 11.5 Å². The van der Waals surface area contributed by atoms with Gasteiger partial charge in [0.05, 0.1) is 18.4 Å². The molecule has 0 saturated heterocycles. The number of thiazole rings is 1. The molecule has 0 bridgehead atoms. The molecule has 2 heterocycles. The molecule has 8 heteroatoms. The number of nitrogens with one attached hydrogen (secondary N) is 2. The van der Waals surface area contributed by atoms with Crippen LogP contribution in [0, 0.1) is 5.82 Å². The van der Waals surface area contributed by atoms with Crippen molar-refractivity contribution in [1.82, 2.24) is 20.6 Å². The second-order valence-electron chi connectivity index (χ2n) is 6.66. The number of pyridine rings is 1. The summed E-state index contributed by atoms with van der Waals surface area (Å²) in [7, 11) is 1.70. The highest BCUT2D eigenvalue weighted by Crippen LogP contribution is 2.24. The van der Waals surface area contributed by atoms with Gasteiger partial charge in [-0.3, -0.25) is 9.98 Å². The maximum Gasteiger partial charge on any atom is 0.191 e. The Balaban J connectivity index is 1.53. The number of ether oxygens (including phenoxy) is 1. The number of hydrogen-bond acceptors (Lipinski definition) is 5. The number of rotatable bonds is 7. The van der Waals surface area contributed by atoms with Crippen molar-refractivity contribution in [1.29, 1.82) is 0 Å². The van der Waals surface area contributed by atoms with Crippen LogP contribution in [0.1, 0.15) is 36.0 Å². The van der Waals surface area contributed by atoms with Gasteiger partial charge in [-0.05, 0) is 35.7 Å². The number of halogens is 1. The molecule has 0 spiro atoms. The predicted octanol–water partition coefficient (Wildman–Crippen LogP) is 4.46. The van der Waals surface area contributed by atoms with Crippen LogP contribution in [-0.4, -0.2) is 23.0 Å². The van der Waals surface area contributed by atoms with Gasteiger partial charge in [-0.1, -0.05) is 19.9 Å². The van der Waals surface area contributed by atoms with Gasteiger partial charge < -0.3 is 15.4 Å². The van der Waals surface area contributed by atoms with Gasteiger partial charge in [-0.15, -0.1) is 11.3 Å². The molecule has 2 N–H and O–H groups in total. The lowest BCUT2D eigenvalue weighted by atomic mass is 10.2. The third kappa shape index (κ3) is 5.99. The zero-order chi connectivity index (χ0) is 20.6. The normalized spacial score (nSPS) is 11.6. The van der Waals surface area contributed by atoms with E-state index in [1.807, 2.05) is 6.07 Å². The molecule has 0 fully saturated rings. The summed E-state index contributed by atoms with van der Waals surface area (Å²) < 4.78 is 19.9. The van der Waals surface area contributed by atoms with Crippen LogP contribution in [0.4, 0.5) is 4.39 Å². The lowest BCUT2D eigenvalue weighted by molar-refractivity contribution is 0.440. The average Bonchev–Trinajstić information content (AvgIpc) is 3.20. The maximum absolute atomic E-state index is 14.4. The van der Waals surface area contributed by atoms with Crippen LogP contribution in [-0.2, 0) is 13.1 Å². The quantitative estimate of drug-likeness (QED) is 0.442. The van der Waals surface area contributed by atoms with Crippen molar-refractivity contribution in [2.24, 2.45) is 4.99 Å². The van der Waals surface area contributed by atoms with E-state index in [0.717, 1.165) is 16.3 Å². The van der Waals surface area contributed by atoms with Crippen LogP contribution >= 0.6 is 11.3 Å². The highest BCUT2D eigenvalue weighted by atomic mass is 32.1. The fourth-order valence-corrected chi connectivity index (χ4v) is 3.40. The second kappa shape index (κ2) is 9.97. The van der Waals surface area contributed by atoms with Gasteiger partial charge in [0.15, 0.2) is 17.5 Å². The Morgan fingerprint density at radius 2 is 2.07 bits per heavy atom. The zero-order valence-corrected chi connectivity index (χ0v) is 17.5. The molecule has 3 aromatic rings. The Labute approximate surface area is 173 Å². The van der Waals surface area contributed by atoms with E-state index in [-0.39, 0.29) is 5.75 Å². The number of hydrogen-bond donors (Lipinski definition) is 2. The first kappa shape index (κ1) is 20.7. The van der Waals surface area contributed by atoms with Crippen LogP contribution < -0.4 is 15.4 Å². The molecule has 152 valence electrons. The SMILES string of the molecule is CN=C(NCc1ccc(Oc2cccnc2)c(F)c1)NCc1nc(C(C)C)cs1. The summed E-state index contributed by atoms with van der Waals surface area (Å²) in [5.74, 6) is 1.26. The van der Waals surface area contributed by atoms with Crippen molar-refractivity contribution in [3.63, 3.8) is 0 Å². The third-order valence-electron chi connectivity index (χ3n) is 4.11. The van der Waals surface area contributed by atoms with Crippen molar-refractivity contribution in [2.75, 3.05) is 7.05 Å². The number of aliphatic imine (C=N–C) groups is 1. The first-order chi connectivity index (χ1) is 14.0. The molecule has 0 unspecified atom stereocenters. The number of guanidine groups is 1. The van der Waals surface area contributed by atoms with E-state index in [0.29, 0.717) is 30.7 Å². The molecule has 3 rings (SSSR count). The van der Waals surface area contributed by atoms with E-state index < -0.39 is 5.82 Å². The summed E-state index contributed by atoms with van der Waals surface area (Å²) in [5, 5.41) is 9.49. The predicted molar refractivity (Wildman–Crippen MR) is 114 cm³/mol. The minimum absolute atomic E-state index is 0.161. The second-order valence-corrected chi connectivity index (χ2v) is 7.60. The molecule has 0 aliphatic carbocycles. The number of nitrogens with zero attached hydrogens (tertiary/aromatic N) is 3. The summed E-state index contributed by atoms with van der Waals surface area (Å²) in [4.78, 5) is 12.8. The van der Waals surface area contributed by atoms with Crippen LogP contribution in [0.3, 0.4) is 0 Å². The van der Waals surface area contributed by atoms with Crippen LogP contribution in [0.25, 0.3) is 0 Å². The van der Waals surface area contributed by atoms with E-state index in [4.69, 9.17) is 4.74 Å². The lowest BCUT2D eigenvalue weighted by Crippen LogP contribution is -2.36. The first-order valence-corrected chi connectivity index (χ1v) is 10.2. The zero-order valence-electron chi connectivity index (χ0n) is 16.6. The highest BCUT2D eigenvalue weighted by Gasteiger charge is 2.08. The molecule has 1 aromatic carbocycles. The molecule has 0 aliphatic heterocycles. The minimum Gasteiger partial charge on any atom is -0.453 e. The summed E-state index contributed by atoms with van der Waals surface area (Å²) in [5.41, 5.74) is 1.87. The molecule has 0 saturated carbocycles. The fourth-order valence-electron chi connectivity index (χ4n) is 2.51. The minimum atomic E-state index is -0.430. The molecule has 29 heavy (non-hydrogen) atoms. The Hall–Kier alpha value is -3.00. The van der Waals surface area contributed by atoms with Gasteiger partial charge >= 0.3 is 0 Å². The summed E-state index contributed by atoms with van der Waals surface area (Å²) >= 11 is 1.62. The van der Waals surface area contributed by atoms with Gasteiger partial charge in [-0.25, -0.2) is 9.37 Å². The van der Waals surface area contributed by atoms with Crippen LogP contribution in [0.5, 0.6) is 11.5 Å². The number of benzene rings is 1. The largest absolute Gasteiger partial charge is 0.453 e. The Morgan fingerprint density at radius 3 is 2.72 bits per heavy atom. The van der Waals surface area contributed by atoms with Gasteiger partial charge in [0, 0.05) is 25.2 Å². The molecule has 0 aliphatic rings. The fraction of sp³-hybridized carbons (Fsp3) is 0.286. The molecular weight excluding hydrogens is 389 g/mol. The Morgan fingerprint density at radius 1 is 1.24 bits per heavy atom.